The van der Waals surface area contributed by atoms with Gasteiger partial charge in [0, 0.05) is 4.47 Å². The number of halogens is 2. The molecular formula is C20H23BrClN6O4S+. The minimum absolute atomic E-state index is 0.0514. The highest BCUT2D eigenvalue weighted by Gasteiger charge is 2.37. The zero-order chi connectivity index (χ0) is 24.2. The number of benzene rings is 2. The number of anilines is 2. The molecular weight excluding hydrogens is 536 g/mol. The molecule has 0 aromatic heterocycles. The number of phenols is 1. The molecule has 176 valence electrons. The van der Waals surface area contributed by atoms with Gasteiger partial charge < -0.3 is 15.2 Å². The van der Waals surface area contributed by atoms with Crippen molar-refractivity contribution in [2.75, 3.05) is 43.1 Å². The van der Waals surface area contributed by atoms with Crippen LogP contribution < -0.4 is 15.0 Å². The predicted octanol–water partition coefficient (Wildman–Crippen LogP) is 3.20. The Kier molecular flexibility index (Phi) is 7.84. The van der Waals surface area contributed by atoms with E-state index in [1.807, 2.05) is 13.1 Å². The highest BCUT2D eigenvalue weighted by atomic mass is 79.9. The SMILES string of the molecule is CC[N+]1(NS(=O)(=O)c2c(Cl)ccc(NC(=N)N(C#N)c3ccccc3Br)c2O)CCOCC1. The van der Waals surface area contributed by atoms with Gasteiger partial charge in [-0.15, -0.1) is 0 Å². The topological polar surface area (TPSA) is 139 Å². The molecule has 0 bridgehead atoms. The molecule has 0 amide bonds. The number of nitrogens with one attached hydrogen (secondary N) is 3. The Labute approximate surface area is 205 Å². The van der Waals surface area contributed by atoms with Crippen LogP contribution in [0.5, 0.6) is 5.75 Å². The molecule has 0 atom stereocenters. The van der Waals surface area contributed by atoms with Crippen molar-refractivity contribution >= 4 is 54.9 Å². The molecule has 0 aliphatic carbocycles. The number of morpholine rings is 1. The summed E-state index contributed by atoms with van der Waals surface area (Å²) in [5, 5.41) is 31.1. The normalized spacial score (nSPS) is 15.5. The molecule has 0 unspecified atom stereocenters. The van der Waals surface area contributed by atoms with E-state index in [1.165, 1.54) is 12.1 Å². The summed E-state index contributed by atoms with van der Waals surface area (Å²) in [6.45, 7) is 3.99. The summed E-state index contributed by atoms with van der Waals surface area (Å²) in [6.07, 6.45) is 1.89. The molecule has 2 aromatic carbocycles. The Morgan fingerprint density at radius 3 is 2.61 bits per heavy atom. The van der Waals surface area contributed by atoms with Gasteiger partial charge in [0.15, 0.2) is 11.9 Å². The number of rotatable bonds is 6. The Morgan fingerprint density at radius 2 is 2.00 bits per heavy atom. The molecule has 2 aromatic rings. The molecule has 1 fully saturated rings. The lowest BCUT2D eigenvalue weighted by atomic mass is 10.3. The fourth-order valence-electron chi connectivity index (χ4n) is 3.41. The molecule has 0 radical (unpaired) electrons. The Balaban J connectivity index is 1.93. The Hall–Kier alpha value is -2.40. The number of sulfonamides is 1. The smallest absolute Gasteiger partial charge is 0.287 e. The van der Waals surface area contributed by atoms with Gasteiger partial charge in [-0.1, -0.05) is 28.6 Å². The monoisotopic (exact) mass is 557 g/mol. The number of ether oxygens (including phenoxy) is 1. The van der Waals surface area contributed by atoms with Gasteiger partial charge in [0.1, 0.15) is 18.0 Å². The van der Waals surface area contributed by atoms with Gasteiger partial charge in [0.05, 0.1) is 36.2 Å². The van der Waals surface area contributed by atoms with Crippen LogP contribution in [0.25, 0.3) is 0 Å². The van der Waals surface area contributed by atoms with Gasteiger partial charge in [-0.3, -0.25) is 5.41 Å². The van der Waals surface area contributed by atoms with Crippen molar-refractivity contribution in [1.82, 2.24) is 4.83 Å². The summed E-state index contributed by atoms with van der Waals surface area (Å²) in [5.41, 5.74) is 0.296. The lowest BCUT2D eigenvalue weighted by Gasteiger charge is -2.38. The second-order valence-corrected chi connectivity index (χ2v) is 10.1. The van der Waals surface area contributed by atoms with E-state index in [4.69, 9.17) is 21.7 Å². The number of phenolic OH excluding ortho intramolecular Hbond substituents is 1. The third kappa shape index (κ3) is 5.40. The second-order valence-electron chi connectivity index (χ2n) is 7.25. The van der Waals surface area contributed by atoms with Gasteiger partial charge in [-0.05, 0) is 47.1 Å². The van der Waals surface area contributed by atoms with Crippen LogP contribution in [-0.4, -0.2) is 56.9 Å². The lowest BCUT2D eigenvalue weighted by molar-refractivity contribution is -0.961. The summed E-state index contributed by atoms with van der Waals surface area (Å²) < 4.78 is 32.4. The van der Waals surface area contributed by atoms with Crippen molar-refractivity contribution in [3.05, 3.63) is 45.9 Å². The van der Waals surface area contributed by atoms with Crippen molar-refractivity contribution in [2.45, 2.75) is 11.8 Å². The molecule has 3 rings (SSSR count). The maximum atomic E-state index is 13.2. The van der Waals surface area contributed by atoms with Crippen LogP contribution >= 0.6 is 27.5 Å². The van der Waals surface area contributed by atoms with E-state index in [9.17, 15) is 18.8 Å². The first kappa shape index (κ1) is 25.2. The summed E-state index contributed by atoms with van der Waals surface area (Å²) >= 11 is 9.50. The minimum Gasteiger partial charge on any atom is -0.504 e. The van der Waals surface area contributed by atoms with Gasteiger partial charge in [-0.25, -0.2) is 17.9 Å². The average Bonchev–Trinajstić information content (AvgIpc) is 2.77. The maximum Gasteiger partial charge on any atom is 0.287 e. The third-order valence-electron chi connectivity index (χ3n) is 5.27. The van der Waals surface area contributed by atoms with Gasteiger partial charge in [0.2, 0.25) is 5.96 Å². The number of likely N-dealkylation sites (N-methyl/N-ethyl adjacent to an activating group) is 1. The quantitative estimate of drug-likeness (QED) is 0.107. The molecule has 10 nitrogen and oxygen atoms in total. The Bertz CT molecular complexity index is 1200. The zero-order valence-electron chi connectivity index (χ0n) is 17.7. The van der Waals surface area contributed by atoms with Crippen LogP contribution in [0.1, 0.15) is 6.92 Å². The molecule has 1 aliphatic rings. The molecule has 0 spiro atoms. The van der Waals surface area contributed by atoms with Gasteiger partial charge in [-0.2, -0.15) is 5.26 Å². The Morgan fingerprint density at radius 1 is 1.33 bits per heavy atom. The van der Waals surface area contributed by atoms with Crippen molar-refractivity contribution in [3.63, 3.8) is 0 Å². The van der Waals surface area contributed by atoms with Crippen molar-refractivity contribution in [2.24, 2.45) is 0 Å². The van der Waals surface area contributed by atoms with Crippen LogP contribution in [0.15, 0.2) is 45.8 Å². The number of hydrogen-bond donors (Lipinski definition) is 4. The minimum atomic E-state index is -4.25. The van der Waals surface area contributed by atoms with Crippen LogP contribution in [-0.2, 0) is 14.8 Å². The first-order valence-electron chi connectivity index (χ1n) is 9.93. The van der Waals surface area contributed by atoms with Gasteiger partial charge in [0.25, 0.3) is 10.0 Å². The van der Waals surface area contributed by atoms with E-state index in [0.29, 0.717) is 43.0 Å². The first-order chi connectivity index (χ1) is 15.6. The molecule has 4 N–H and O–H groups in total. The molecule has 1 aliphatic heterocycles. The highest BCUT2D eigenvalue weighted by Crippen LogP contribution is 2.37. The molecule has 13 heteroatoms. The number of nitriles is 1. The van der Waals surface area contributed by atoms with Crippen LogP contribution in [0.2, 0.25) is 5.02 Å². The van der Waals surface area contributed by atoms with E-state index >= 15 is 0 Å². The van der Waals surface area contributed by atoms with E-state index in [2.05, 4.69) is 26.1 Å². The van der Waals surface area contributed by atoms with E-state index < -0.39 is 26.6 Å². The second kappa shape index (κ2) is 10.3. The zero-order valence-corrected chi connectivity index (χ0v) is 20.8. The summed E-state index contributed by atoms with van der Waals surface area (Å²) in [7, 11) is -4.25. The lowest BCUT2D eigenvalue weighted by Crippen LogP contribution is -2.64. The molecule has 33 heavy (non-hydrogen) atoms. The fraction of sp³-hybridized carbons (Fsp3) is 0.300. The number of aromatic hydroxyl groups is 1. The van der Waals surface area contributed by atoms with Crippen molar-refractivity contribution in [1.29, 1.82) is 10.7 Å². The average molecular weight is 559 g/mol. The number of quaternary nitrogens is 1. The number of guanidine groups is 1. The summed E-state index contributed by atoms with van der Waals surface area (Å²) in [6, 6.07) is 9.43. The number of hydrogen-bond acceptors (Lipinski definition) is 6. The van der Waals surface area contributed by atoms with Gasteiger partial charge >= 0.3 is 0 Å². The third-order valence-corrected chi connectivity index (χ3v) is 7.94. The summed E-state index contributed by atoms with van der Waals surface area (Å²) in [4.78, 5) is 3.11. The maximum absolute atomic E-state index is 13.2. The van der Waals surface area contributed by atoms with Crippen LogP contribution in [0.3, 0.4) is 0 Å². The van der Waals surface area contributed by atoms with Crippen molar-refractivity contribution in [3.8, 4) is 11.9 Å². The number of nitrogens with zero attached hydrogens (tertiary/aromatic N) is 3. The van der Waals surface area contributed by atoms with E-state index in [-0.39, 0.29) is 15.3 Å². The van der Waals surface area contributed by atoms with Crippen LogP contribution in [0, 0.1) is 16.9 Å². The molecule has 0 saturated carbocycles. The molecule has 1 heterocycles. The highest BCUT2D eigenvalue weighted by molar-refractivity contribution is 9.10. The number of para-hydroxylation sites is 1. The van der Waals surface area contributed by atoms with E-state index in [0.717, 1.165) is 4.90 Å². The fourth-order valence-corrected chi connectivity index (χ4v) is 5.93. The van der Waals surface area contributed by atoms with Crippen molar-refractivity contribution < 1.29 is 22.9 Å². The standard InChI is InChI=1S/C20H22BrClN6O4S/c1-2-28(9-11-32-12-10-28)26-33(30,31)19-15(22)7-8-16(18(19)29)25-20(24)27(13-23)17-6-4-3-5-14(17)21/h3-8,26H,2,9-12H2,1H3,(H2-,24,25,29)/p+1. The summed E-state index contributed by atoms with van der Waals surface area (Å²) in [5.74, 6) is -1.06. The predicted molar refractivity (Wildman–Crippen MR) is 128 cm³/mol. The first-order valence-corrected chi connectivity index (χ1v) is 12.6. The molecule has 1 saturated heterocycles. The van der Waals surface area contributed by atoms with Crippen LogP contribution in [0.4, 0.5) is 11.4 Å². The van der Waals surface area contributed by atoms with E-state index in [1.54, 1.807) is 24.3 Å². The largest absolute Gasteiger partial charge is 0.504 e.